The molecule has 7 nitrogen and oxygen atoms in total. The Morgan fingerprint density at radius 2 is 1.04 bits per heavy atom. The Hall–Kier alpha value is -1.73. The second-order valence-corrected chi connectivity index (χ2v) is 13.2. The van der Waals surface area contributed by atoms with Gasteiger partial charge in [-0.3, -0.25) is 9.59 Å². The Balaban J connectivity index is 0. The van der Waals surface area contributed by atoms with Crippen LogP contribution in [0.25, 0.3) is 0 Å². The third-order valence-corrected chi connectivity index (χ3v) is 8.46. The predicted octanol–water partition coefficient (Wildman–Crippen LogP) is 11.6. The molecule has 0 aromatic rings. The van der Waals surface area contributed by atoms with E-state index in [0.29, 0.717) is 6.42 Å². The quantitative estimate of drug-likeness (QED) is 0.0191. The van der Waals surface area contributed by atoms with E-state index in [1.165, 1.54) is 110 Å². The summed E-state index contributed by atoms with van der Waals surface area (Å²) in [6.45, 7) is 7.52. The predicted molar refractivity (Wildman–Crippen MR) is 190 cm³/mol. The van der Waals surface area contributed by atoms with Gasteiger partial charge in [-0.05, 0) is 38.5 Å². The summed E-state index contributed by atoms with van der Waals surface area (Å²) in [7, 11) is 0. The molecule has 2 atom stereocenters. The number of aliphatic hydroxyl groups is 1. The summed E-state index contributed by atoms with van der Waals surface area (Å²) in [5, 5.41) is 18.1. The van der Waals surface area contributed by atoms with Crippen molar-refractivity contribution in [3.05, 3.63) is 12.2 Å². The number of esters is 2. The Morgan fingerprint density at radius 3 is 1.54 bits per heavy atom. The zero-order chi connectivity index (χ0) is 34.5. The molecular formula is C39H74O7. The third kappa shape index (κ3) is 38.5. The molecule has 0 aliphatic carbocycles. The first-order valence-electron chi connectivity index (χ1n) is 19.2. The van der Waals surface area contributed by atoms with E-state index in [1.807, 2.05) is 0 Å². The summed E-state index contributed by atoms with van der Waals surface area (Å²) < 4.78 is 4.47. The van der Waals surface area contributed by atoms with Gasteiger partial charge >= 0.3 is 17.9 Å². The van der Waals surface area contributed by atoms with Gasteiger partial charge in [0.2, 0.25) is 0 Å². The van der Waals surface area contributed by atoms with E-state index in [4.69, 9.17) is 5.26 Å². The second-order valence-electron chi connectivity index (χ2n) is 13.2. The summed E-state index contributed by atoms with van der Waals surface area (Å²) in [5.74, 6) is -1.63. The fraction of sp³-hybridized carbons (Fsp3) is 0.872. The molecule has 2 N–H and O–H groups in total. The first-order valence-corrected chi connectivity index (χ1v) is 19.2. The van der Waals surface area contributed by atoms with Crippen molar-refractivity contribution < 1.29 is 34.4 Å². The van der Waals surface area contributed by atoms with Gasteiger partial charge in [0.05, 0.1) is 12.0 Å². The Labute approximate surface area is 283 Å². The molecule has 0 aliphatic rings. The molecule has 0 amide bonds. The molecule has 7 heteroatoms. The van der Waals surface area contributed by atoms with E-state index in [1.54, 1.807) is 6.92 Å². The van der Waals surface area contributed by atoms with Crippen molar-refractivity contribution in [3.8, 4) is 0 Å². The smallest absolute Gasteiger partial charge is 0.344 e. The molecule has 0 aromatic heterocycles. The van der Waals surface area contributed by atoms with E-state index < -0.39 is 17.9 Å². The van der Waals surface area contributed by atoms with Gasteiger partial charge in [0.1, 0.15) is 0 Å². The third-order valence-electron chi connectivity index (χ3n) is 8.46. The standard InChI is InChI=1S/C20H36O4.C19H38O3/c1-3-4-5-12-15-19(22)16-13-10-8-6-7-9-11-14-17-20(23)24-18(2)21;1-3-4-5-6-7-8-9-10-11-12-13-14-15-16-17-18(2)19(20)22-21/h10,13,19,22H,3-9,11-12,14-17H2,1-2H3;18,21H,3-17H2,1-2H3/b13-10-;/t19-;/m1./s1. The van der Waals surface area contributed by atoms with Crippen molar-refractivity contribution in [2.24, 2.45) is 5.92 Å². The minimum Gasteiger partial charge on any atom is -0.393 e. The van der Waals surface area contributed by atoms with E-state index in [-0.39, 0.29) is 12.0 Å². The molecule has 0 rings (SSSR count). The maximum atomic E-state index is 11.1. The van der Waals surface area contributed by atoms with Crippen LogP contribution in [-0.4, -0.2) is 34.4 Å². The summed E-state index contributed by atoms with van der Waals surface area (Å²) in [5.41, 5.74) is 0. The highest BCUT2D eigenvalue weighted by Gasteiger charge is 2.13. The number of unbranched alkanes of at least 4 members (excludes halogenated alkanes) is 21. The lowest BCUT2D eigenvalue weighted by Gasteiger charge is -2.07. The molecular weight excluding hydrogens is 580 g/mol. The molecule has 0 aliphatic heterocycles. The molecule has 0 spiro atoms. The zero-order valence-corrected chi connectivity index (χ0v) is 30.5. The zero-order valence-electron chi connectivity index (χ0n) is 30.5. The highest BCUT2D eigenvalue weighted by molar-refractivity contribution is 5.83. The Morgan fingerprint density at radius 1 is 0.609 bits per heavy atom. The van der Waals surface area contributed by atoms with Crippen LogP contribution in [0.2, 0.25) is 0 Å². The fourth-order valence-corrected chi connectivity index (χ4v) is 5.42. The van der Waals surface area contributed by atoms with Crippen LogP contribution in [0.15, 0.2) is 12.2 Å². The van der Waals surface area contributed by atoms with Crippen LogP contribution in [0.4, 0.5) is 0 Å². The van der Waals surface area contributed by atoms with E-state index in [2.05, 4.69) is 35.6 Å². The van der Waals surface area contributed by atoms with Crippen molar-refractivity contribution in [1.29, 1.82) is 0 Å². The van der Waals surface area contributed by atoms with E-state index in [0.717, 1.165) is 70.6 Å². The van der Waals surface area contributed by atoms with Crippen LogP contribution < -0.4 is 0 Å². The number of carbonyl (C=O) groups excluding carboxylic acids is 3. The monoisotopic (exact) mass is 655 g/mol. The van der Waals surface area contributed by atoms with Crippen LogP contribution in [0.3, 0.4) is 0 Å². The fourth-order valence-electron chi connectivity index (χ4n) is 5.42. The molecule has 0 fully saturated rings. The number of hydrogen-bond acceptors (Lipinski definition) is 7. The number of rotatable bonds is 31. The number of ether oxygens (including phenoxy) is 1. The lowest BCUT2D eigenvalue weighted by atomic mass is 10.0. The van der Waals surface area contributed by atoms with Gasteiger partial charge in [-0.2, -0.15) is 5.26 Å². The van der Waals surface area contributed by atoms with Gasteiger partial charge in [0.25, 0.3) is 0 Å². The molecule has 46 heavy (non-hydrogen) atoms. The maximum absolute atomic E-state index is 11.1. The topological polar surface area (TPSA) is 110 Å². The van der Waals surface area contributed by atoms with Crippen molar-refractivity contribution in [3.63, 3.8) is 0 Å². The van der Waals surface area contributed by atoms with Gasteiger partial charge in [0, 0.05) is 13.3 Å². The molecule has 0 saturated heterocycles. The summed E-state index contributed by atoms with van der Waals surface area (Å²) >= 11 is 0. The van der Waals surface area contributed by atoms with Gasteiger partial charge in [-0.1, -0.05) is 168 Å². The SMILES string of the molecule is CCCCCCCCCCCCCCCCC(C)C(=O)OO.CCCCCC[C@@H](O)C/C=C\CCCCCCCC(=O)OC(C)=O. The minimum atomic E-state index is -0.530. The average molecular weight is 655 g/mol. The van der Waals surface area contributed by atoms with Gasteiger partial charge in [0.15, 0.2) is 0 Å². The van der Waals surface area contributed by atoms with Crippen LogP contribution in [-0.2, 0) is 24.0 Å². The summed E-state index contributed by atoms with van der Waals surface area (Å²) in [6.07, 6.45) is 36.7. The molecule has 1 unspecified atom stereocenters. The maximum Gasteiger partial charge on any atom is 0.344 e. The van der Waals surface area contributed by atoms with Crippen molar-refractivity contribution in [2.45, 2.75) is 214 Å². The number of aliphatic hydroxyl groups excluding tert-OH is 1. The van der Waals surface area contributed by atoms with Crippen LogP contribution in [0.5, 0.6) is 0 Å². The normalized spacial score (nSPS) is 12.4. The lowest BCUT2D eigenvalue weighted by molar-refractivity contribution is -0.238. The Bertz CT molecular complexity index is 706. The van der Waals surface area contributed by atoms with Crippen LogP contribution in [0, 0.1) is 5.92 Å². The van der Waals surface area contributed by atoms with E-state index in [9.17, 15) is 19.5 Å². The first kappa shape index (κ1) is 46.4. The average Bonchev–Trinajstić information content (AvgIpc) is 3.03. The Kier molecular flexibility index (Phi) is 38.0. The second kappa shape index (κ2) is 37.7. The molecule has 0 saturated carbocycles. The molecule has 0 radical (unpaired) electrons. The van der Waals surface area contributed by atoms with Crippen molar-refractivity contribution in [1.82, 2.24) is 0 Å². The summed E-state index contributed by atoms with van der Waals surface area (Å²) in [6, 6.07) is 0. The highest BCUT2D eigenvalue weighted by atomic mass is 17.1. The van der Waals surface area contributed by atoms with Crippen LogP contribution in [0.1, 0.15) is 207 Å². The van der Waals surface area contributed by atoms with Crippen molar-refractivity contribution >= 4 is 17.9 Å². The number of hydrogen-bond donors (Lipinski definition) is 2. The lowest BCUT2D eigenvalue weighted by Crippen LogP contribution is -2.12. The minimum absolute atomic E-state index is 0.178. The van der Waals surface area contributed by atoms with Gasteiger partial charge < -0.3 is 14.7 Å². The highest BCUT2D eigenvalue weighted by Crippen LogP contribution is 2.15. The molecule has 0 aromatic carbocycles. The van der Waals surface area contributed by atoms with Crippen molar-refractivity contribution in [2.75, 3.05) is 0 Å². The number of carbonyl (C=O) groups is 3. The van der Waals surface area contributed by atoms with Crippen LogP contribution >= 0.6 is 0 Å². The largest absolute Gasteiger partial charge is 0.393 e. The van der Waals surface area contributed by atoms with E-state index >= 15 is 0 Å². The first-order chi connectivity index (χ1) is 22.3. The number of allylic oxidation sites excluding steroid dienone is 1. The molecule has 0 heterocycles. The summed E-state index contributed by atoms with van der Waals surface area (Å²) in [4.78, 5) is 36.5. The molecule has 272 valence electrons. The molecule has 0 bridgehead atoms. The van der Waals surface area contributed by atoms with Gasteiger partial charge in [-0.15, -0.1) is 0 Å². The van der Waals surface area contributed by atoms with Gasteiger partial charge in [-0.25, -0.2) is 4.79 Å².